The molecule has 150 valence electrons. The summed E-state index contributed by atoms with van der Waals surface area (Å²) in [6.07, 6.45) is 1.43. The van der Waals surface area contributed by atoms with E-state index in [0.717, 1.165) is 34.1 Å². The van der Waals surface area contributed by atoms with E-state index in [1.165, 1.54) is 28.2 Å². The van der Waals surface area contributed by atoms with Crippen molar-refractivity contribution in [2.75, 3.05) is 12.1 Å². The van der Waals surface area contributed by atoms with Gasteiger partial charge < -0.3 is 9.47 Å². The number of ether oxygens (including phenoxy) is 2. The molecule has 2 aromatic heterocycles. The zero-order valence-electron chi connectivity index (χ0n) is 16.1. The minimum absolute atomic E-state index is 0.184. The zero-order valence-corrected chi connectivity index (χ0v) is 16.9. The summed E-state index contributed by atoms with van der Waals surface area (Å²) in [7, 11) is 0. The van der Waals surface area contributed by atoms with E-state index >= 15 is 0 Å². The first-order chi connectivity index (χ1) is 14.0. The second-order valence-electron chi connectivity index (χ2n) is 6.63. The summed E-state index contributed by atoms with van der Waals surface area (Å²) in [6, 6.07) is 8.63. The van der Waals surface area contributed by atoms with Gasteiger partial charge in [0.25, 0.3) is 11.5 Å². The van der Waals surface area contributed by atoms with Crippen molar-refractivity contribution in [2.24, 2.45) is 0 Å². The fraction of sp³-hybridized carbons (Fsp3) is 0.300. The number of nitrogens with zero attached hydrogens (tertiary/aromatic N) is 3. The molecule has 0 unspecified atom stereocenters. The van der Waals surface area contributed by atoms with Crippen LogP contribution in [0, 0.1) is 6.92 Å². The normalized spacial score (nSPS) is 12.2. The summed E-state index contributed by atoms with van der Waals surface area (Å²) in [4.78, 5) is 29.8. The van der Waals surface area contributed by atoms with E-state index in [1.807, 2.05) is 32.0 Å². The van der Waals surface area contributed by atoms with Gasteiger partial charge in [0.1, 0.15) is 5.69 Å². The highest BCUT2D eigenvalue weighted by molar-refractivity contribution is 7.15. The van der Waals surface area contributed by atoms with Crippen molar-refractivity contribution in [2.45, 2.75) is 33.2 Å². The molecule has 0 atom stereocenters. The first kappa shape index (κ1) is 19.1. The molecule has 0 saturated carbocycles. The molecule has 0 fully saturated rings. The van der Waals surface area contributed by atoms with Gasteiger partial charge >= 0.3 is 0 Å². The van der Waals surface area contributed by atoms with Crippen LogP contribution in [0.2, 0.25) is 0 Å². The maximum absolute atomic E-state index is 12.5. The number of hydrogen-bond acceptors (Lipinski definition) is 7. The number of carbonyl (C=O) groups is 1. The number of amides is 1. The zero-order chi connectivity index (χ0) is 20.4. The van der Waals surface area contributed by atoms with Crippen molar-refractivity contribution in [3.8, 4) is 11.5 Å². The lowest BCUT2D eigenvalue weighted by molar-refractivity contribution is 0.101. The lowest BCUT2D eigenvalue weighted by atomic mass is 10.1. The summed E-state index contributed by atoms with van der Waals surface area (Å²) in [5, 5.41) is 7.41. The van der Waals surface area contributed by atoms with E-state index in [1.54, 1.807) is 0 Å². The molecule has 0 radical (unpaired) electrons. The highest BCUT2D eigenvalue weighted by Crippen LogP contribution is 2.34. The standard InChI is InChI=1S/C20H20N4O4S/c1-3-8-24-18(25)7-5-14(23-24)19(26)22-20-21-12(2)17(29-20)10-13-4-6-15-16(9-13)28-11-27-15/h4-7,9H,3,8,10-11H2,1-2H3,(H,21,22,26). The van der Waals surface area contributed by atoms with Gasteiger partial charge in [0.05, 0.1) is 5.69 Å². The monoisotopic (exact) mass is 412 g/mol. The molecule has 1 N–H and O–H groups in total. The fourth-order valence-corrected chi connectivity index (χ4v) is 3.98. The molecule has 1 aliphatic rings. The number of fused-ring (bicyclic) bond motifs is 1. The van der Waals surface area contributed by atoms with Crippen LogP contribution >= 0.6 is 11.3 Å². The van der Waals surface area contributed by atoms with E-state index in [-0.39, 0.29) is 18.0 Å². The molecule has 0 saturated heterocycles. The van der Waals surface area contributed by atoms with Crippen LogP contribution in [0.3, 0.4) is 0 Å². The van der Waals surface area contributed by atoms with E-state index in [0.29, 0.717) is 18.1 Å². The van der Waals surface area contributed by atoms with Gasteiger partial charge in [0.15, 0.2) is 16.6 Å². The Labute approximate surface area is 171 Å². The predicted octanol–water partition coefficient (Wildman–Crippen LogP) is 2.99. The molecule has 0 bridgehead atoms. The van der Waals surface area contributed by atoms with E-state index < -0.39 is 5.91 Å². The minimum Gasteiger partial charge on any atom is -0.454 e. The third-order valence-corrected chi connectivity index (χ3v) is 5.52. The summed E-state index contributed by atoms with van der Waals surface area (Å²) >= 11 is 1.42. The second-order valence-corrected chi connectivity index (χ2v) is 7.71. The van der Waals surface area contributed by atoms with Crippen molar-refractivity contribution in [1.82, 2.24) is 14.8 Å². The Kier molecular flexibility index (Phi) is 5.30. The van der Waals surface area contributed by atoms with Crippen molar-refractivity contribution in [1.29, 1.82) is 0 Å². The summed E-state index contributed by atoms with van der Waals surface area (Å²) < 4.78 is 12.1. The Hall–Kier alpha value is -3.20. The third kappa shape index (κ3) is 4.14. The van der Waals surface area contributed by atoms with Gasteiger partial charge in [-0.3, -0.25) is 14.9 Å². The molecule has 1 amide bonds. The van der Waals surface area contributed by atoms with Gasteiger partial charge in [0.2, 0.25) is 6.79 Å². The Morgan fingerprint density at radius 3 is 2.90 bits per heavy atom. The Bertz CT molecular complexity index is 1120. The highest BCUT2D eigenvalue weighted by Gasteiger charge is 2.17. The Morgan fingerprint density at radius 1 is 1.24 bits per heavy atom. The average molecular weight is 412 g/mol. The van der Waals surface area contributed by atoms with Gasteiger partial charge in [-0.1, -0.05) is 13.0 Å². The van der Waals surface area contributed by atoms with Gasteiger partial charge in [-0.15, -0.1) is 11.3 Å². The van der Waals surface area contributed by atoms with Crippen molar-refractivity contribution < 1.29 is 14.3 Å². The summed E-state index contributed by atoms with van der Waals surface area (Å²) in [5.74, 6) is 1.10. The molecule has 1 aliphatic heterocycles. The molecule has 0 aliphatic carbocycles. The topological polar surface area (TPSA) is 95.3 Å². The number of rotatable bonds is 6. The van der Waals surface area contributed by atoms with Crippen molar-refractivity contribution >= 4 is 22.4 Å². The first-order valence-electron chi connectivity index (χ1n) is 9.28. The van der Waals surface area contributed by atoms with Crippen LogP contribution in [0.4, 0.5) is 5.13 Å². The molecule has 3 aromatic rings. The number of aryl methyl sites for hydroxylation is 2. The van der Waals surface area contributed by atoms with Crippen LogP contribution < -0.4 is 20.3 Å². The maximum atomic E-state index is 12.5. The fourth-order valence-electron chi connectivity index (χ4n) is 2.98. The maximum Gasteiger partial charge on any atom is 0.277 e. The van der Waals surface area contributed by atoms with Crippen LogP contribution in [-0.2, 0) is 13.0 Å². The first-order valence-corrected chi connectivity index (χ1v) is 10.1. The highest BCUT2D eigenvalue weighted by atomic mass is 32.1. The van der Waals surface area contributed by atoms with Gasteiger partial charge in [0, 0.05) is 23.9 Å². The number of carbonyl (C=O) groups excluding carboxylic acids is 1. The molecule has 9 heteroatoms. The average Bonchev–Trinajstić information content (AvgIpc) is 3.29. The lowest BCUT2D eigenvalue weighted by Gasteiger charge is -2.05. The predicted molar refractivity (Wildman–Crippen MR) is 109 cm³/mol. The quantitative estimate of drug-likeness (QED) is 0.669. The molecule has 0 spiro atoms. The van der Waals surface area contributed by atoms with E-state index in [2.05, 4.69) is 15.4 Å². The Morgan fingerprint density at radius 2 is 2.07 bits per heavy atom. The van der Waals surface area contributed by atoms with Crippen LogP contribution in [-0.4, -0.2) is 27.5 Å². The molecule has 3 heterocycles. The third-order valence-electron chi connectivity index (χ3n) is 4.45. The SMILES string of the molecule is CCCn1nc(C(=O)Nc2nc(C)c(Cc3ccc4c(c3)OCO4)s2)ccc1=O. The lowest BCUT2D eigenvalue weighted by Crippen LogP contribution is -2.26. The molecule has 8 nitrogen and oxygen atoms in total. The number of thiazole rings is 1. The van der Waals surface area contributed by atoms with E-state index in [4.69, 9.17) is 9.47 Å². The number of anilines is 1. The number of benzene rings is 1. The van der Waals surface area contributed by atoms with Gasteiger partial charge in [-0.05, 0) is 37.1 Å². The van der Waals surface area contributed by atoms with Crippen molar-refractivity contribution in [3.05, 3.63) is 62.5 Å². The smallest absolute Gasteiger partial charge is 0.277 e. The number of nitrogens with one attached hydrogen (secondary N) is 1. The molecule has 1 aromatic carbocycles. The van der Waals surface area contributed by atoms with Gasteiger partial charge in [-0.2, -0.15) is 5.10 Å². The summed E-state index contributed by atoms with van der Waals surface area (Å²) in [5.41, 5.74) is 1.89. The number of hydrogen-bond donors (Lipinski definition) is 1. The largest absolute Gasteiger partial charge is 0.454 e. The van der Waals surface area contributed by atoms with Crippen LogP contribution in [0.1, 0.15) is 40.0 Å². The second kappa shape index (κ2) is 8.04. The minimum atomic E-state index is -0.391. The van der Waals surface area contributed by atoms with Crippen LogP contribution in [0.15, 0.2) is 35.1 Å². The Balaban J connectivity index is 1.48. The summed E-state index contributed by atoms with van der Waals surface area (Å²) in [6.45, 7) is 4.57. The molecular weight excluding hydrogens is 392 g/mol. The van der Waals surface area contributed by atoms with Crippen molar-refractivity contribution in [3.63, 3.8) is 0 Å². The molecule has 4 rings (SSSR count). The van der Waals surface area contributed by atoms with Crippen LogP contribution in [0.5, 0.6) is 11.5 Å². The van der Waals surface area contributed by atoms with Gasteiger partial charge in [-0.25, -0.2) is 9.67 Å². The number of aromatic nitrogens is 3. The van der Waals surface area contributed by atoms with Crippen LogP contribution in [0.25, 0.3) is 0 Å². The van der Waals surface area contributed by atoms with E-state index in [9.17, 15) is 9.59 Å². The molecule has 29 heavy (non-hydrogen) atoms. The molecular formula is C20H20N4O4S.